The first kappa shape index (κ1) is 12.5. The second-order valence-corrected chi connectivity index (χ2v) is 5.22. The number of ether oxygens (including phenoxy) is 2. The molecule has 1 aromatic heterocycles. The Balaban J connectivity index is 2.06. The smallest absolute Gasteiger partial charge is 0.161 e. The molecular formula is C13H13BrO2S. The largest absolute Gasteiger partial charge is 0.490 e. The quantitative estimate of drug-likeness (QED) is 0.810. The zero-order chi connectivity index (χ0) is 12.1. The Morgan fingerprint density at radius 1 is 1.12 bits per heavy atom. The third-order valence-corrected chi connectivity index (χ3v) is 4.10. The van der Waals surface area contributed by atoms with Crippen molar-refractivity contribution >= 4 is 27.3 Å². The van der Waals surface area contributed by atoms with Crippen molar-refractivity contribution in [2.45, 2.75) is 13.5 Å². The molecular weight excluding hydrogens is 300 g/mol. The number of hydrogen-bond acceptors (Lipinski definition) is 3. The Morgan fingerprint density at radius 3 is 2.41 bits per heavy atom. The standard InChI is InChI=1S/C13H13BrO2S/c1-2-15-11-5-3-4-6-12(11)16-9-13-10(14)7-8-17-13/h3-8H,2,9H2,1H3. The Labute approximate surface area is 113 Å². The molecule has 0 saturated heterocycles. The predicted octanol–water partition coefficient (Wildman–Crippen LogP) is 4.49. The van der Waals surface area contributed by atoms with E-state index in [4.69, 9.17) is 9.47 Å². The molecule has 0 aliphatic heterocycles. The van der Waals surface area contributed by atoms with Gasteiger partial charge in [-0.2, -0.15) is 0 Å². The van der Waals surface area contributed by atoms with Crippen LogP contribution < -0.4 is 9.47 Å². The molecule has 0 unspecified atom stereocenters. The van der Waals surface area contributed by atoms with Crippen LogP contribution in [0, 0.1) is 0 Å². The minimum absolute atomic E-state index is 0.558. The lowest BCUT2D eigenvalue weighted by atomic mass is 10.3. The molecule has 0 saturated carbocycles. The van der Waals surface area contributed by atoms with Gasteiger partial charge in [-0.05, 0) is 46.4 Å². The summed E-state index contributed by atoms with van der Waals surface area (Å²) >= 11 is 5.16. The predicted molar refractivity (Wildman–Crippen MR) is 74.0 cm³/mol. The number of halogens is 1. The first-order chi connectivity index (χ1) is 8.31. The van der Waals surface area contributed by atoms with E-state index in [1.54, 1.807) is 11.3 Å². The third kappa shape index (κ3) is 3.23. The summed E-state index contributed by atoms with van der Waals surface area (Å²) in [6.45, 7) is 3.16. The Kier molecular flexibility index (Phi) is 4.45. The van der Waals surface area contributed by atoms with Crippen LogP contribution in [0.3, 0.4) is 0 Å². The molecule has 0 N–H and O–H groups in total. The van der Waals surface area contributed by atoms with E-state index in [2.05, 4.69) is 15.9 Å². The number of para-hydroxylation sites is 2. The Bertz CT molecular complexity index is 482. The minimum atomic E-state index is 0.558. The molecule has 0 aliphatic rings. The van der Waals surface area contributed by atoms with Crippen molar-refractivity contribution < 1.29 is 9.47 Å². The van der Waals surface area contributed by atoms with E-state index in [1.807, 2.05) is 42.6 Å². The van der Waals surface area contributed by atoms with Gasteiger partial charge in [-0.1, -0.05) is 12.1 Å². The second kappa shape index (κ2) is 6.07. The first-order valence-corrected chi connectivity index (χ1v) is 7.05. The minimum Gasteiger partial charge on any atom is -0.490 e. The highest BCUT2D eigenvalue weighted by atomic mass is 79.9. The Hall–Kier alpha value is -1.00. The van der Waals surface area contributed by atoms with E-state index in [9.17, 15) is 0 Å². The van der Waals surface area contributed by atoms with E-state index < -0.39 is 0 Å². The van der Waals surface area contributed by atoms with Crippen LogP contribution in [0.4, 0.5) is 0 Å². The van der Waals surface area contributed by atoms with Crippen LogP contribution in [0.2, 0.25) is 0 Å². The van der Waals surface area contributed by atoms with E-state index in [-0.39, 0.29) is 0 Å². The monoisotopic (exact) mass is 312 g/mol. The van der Waals surface area contributed by atoms with Gasteiger partial charge in [0.15, 0.2) is 11.5 Å². The van der Waals surface area contributed by atoms with Crippen LogP contribution in [0.15, 0.2) is 40.2 Å². The van der Waals surface area contributed by atoms with Crippen molar-refractivity contribution in [3.8, 4) is 11.5 Å². The Morgan fingerprint density at radius 2 is 1.82 bits per heavy atom. The topological polar surface area (TPSA) is 18.5 Å². The van der Waals surface area contributed by atoms with Crippen molar-refractivity contribution in [1.29, 1.82) is 0 Å². The van der Waals surface area contributed by atoms with E-state index >= 15 is 0 Å². The maximum absolute atomic E-state index is 5.77. The summed E-state index contributed by atoms with van der Waals surface area (Å²) in [6.07, 6.45) is 0. The maximum atomic E-state index is 5.77. The van der Waals surface area contributed by atoms with Crippen LogP contribution in [-0.2, 0) is 6.61 Å². The molecule has 2 nitrogen and oxygen atoms in total. The average molecular weight is 313 g/mol. The highest BCUT2D eigenvalue weighted by molar-refractivity contribution is 9.10. The van der Waals surface area contributed by atoms with Crippen LogP contribution in [0.5, 0.6) is 11.5 Å². The van der Waals surface area contributed by atoms with Gasteiger partial charge in [0.2, 0.25) is 0 Å². The molecule has 0 aliphatic carbocycles. The first-order valence-electron chi connectivity index (χ1n) is 5.37. The van der Waals surface area contributed by atoms with Gasteiger partial charge >= 0.3 is 0 Å². The number of rotatable bonds is 5. The van der Waals surface area contributed by atoms with Gasteiger partial charge in [0, 0.05) is 4.47 Å². The lowest BCUT2D eigenvalue weighted by Crippen LogP contribution is -1.98. The molecule has 1 heterocycles. The normalized spacial score (nSPS) is 10.2. The molecule has 2 rings (SSSR count). The summed E-state index contributed by atoms with van der Waals surface area (Å²) in [5.41, 5.74) is 0. The molecule has 2 aromatic rings. The number of thiophene rings is 1. The third-order valence-electron chi connectivity index (χ3n) is 2.20. The molecule has 90 valence electrons. The molecule has 4 heteroatoms. The van der Waals surface area contributed by atoms with Crippen molar-refractivity contribution in [3.05, 3.63) is 45.1 Å². The van der Waals surface area contributed by atoms with Crippen LogP contribution in [-0.4, -0.2) is 6.61 Å². The van der Waals surface area contributed by atoms with Crippen molar-refractivity contribution in [2.24, 2.45) is 0 Å². The zero-order valence-electron chi connectivity index (χ0n) is 9.48. The summed E-state index contributed by atoms with van der Waals surface area (Å²) < 4.78 is 12.4. The van der Waals surface area contributed by atoms with Gasteiger partial charge in [0.05, 0.1) is 11.5 Å². The summed E-state index contributed by atoms with van der Waals surface area (Å²) in [5, 5.41) is 2.04. The fourth-order valence-electron chi connectivity index (χ4n) is 1.42. The molecule has 0 bridgehead atoms. The SMILES string of the molecule is CCOc1ccccc1OCc1sccc1Br. The molecule has 0 fully saturated rings. The number of hydrogen-bond donors (Lipinski definition) is 0. The molecule has 0 radical (unpaired) electrons. The highest BCUT2D eigenvalue weighted by Crippen LogP contribution is 2.29. The maximum Gasteiger partial charge on any atom is 0.161 e. The van der Waals surface area contributed by atoms with E-state index in [0.717, 1.165) is 16.0 Å². The van der Waals surface area contributed by atoms with Crippen molar-refractivity contribution in [2.75, 3.05) is 6.61 Å². The lowest BCUT2D eigenvalue weighted by molar-refractivity contribution is 0.271. The van der Waals surface area contributed by atoms with Gasteiger partial charge in [0.1, 0.15) is 6.61 Å². The molecule has 0 atom stereocenters. The van der Waals surface area contributed by atoms with Gasteiger partial charge in [-0.3, -0.25) is 0 Å². The van der Waals surface area contributed by atoms with Gasteiger partial charge in [-0.25, -0.2) is 0 Å². The van der Waals surface area contributed by atoms with Gasteiger partial charge in [0.25, 0.3) is 0 Å². The average Bonchev–Trinajstić information content (AvgIpc) is 2.74. The molecule has 1 aromatic carbocycles. The summed E-state index contributed by atoms with van der Waals surface area (Å²) in [6, 6.07) is 9.76. The van der Waals surface area contributed by atoms with E-state index in [0.29, 0.717) is 13.2 Å². The van der Waals surface area contributed by atoms with Gasteiger partial charge in [-0.15, -0.1) is 11.3 Å². The number of benzene rings is 1. The second-order valence-electron chi connectivity index (χ2n) is 3.36. The fraction of sp³-hybridized carbons (Fsp3) is 0.231. The van der Waals surface area contributed by atoms with Gasteiger partial charge < -0.3 is 9.47 Å². The van der Waals surface area contributed by atoms with E-state index in [1.165, 1.54) is 4.88 Å². The molecule has 0 amide bonds. The highest BCUT2D eigenvalue weighted by Gasteiger charge is 2.06. The van der Waals surface area contributed by atoms with Crippen molar-refractivity contribution in [3.63, 3.8) is 0 Å². The van der Waals surface area contributed by atoms with Crippen LogP contribution in [0.1, 0.15) is 11.8 Å². The van der Waals surface area contributed by atoms with Crippen LogP contribution in [0.25, 0.3) is 0 Å². The summed E-state index contributed by atoms with van der Waals surface area (Å²) in [4.78, 5) is 1.18. The molecule has 17 heavy (non-hydrogen) atoms. The fourth-order valence-corrected chi connectivity index (χ4v) is 2.79. The summed E-state index contributed by atoms with van der Waals surface area (Å²) in [5.74, 6) is 1.58. The van der Waals surface area contributed by atoms with Crippen LogP contribution >= 0.6 is 27.3 Å². The zero-order valence-corrected chi connectivity index (χ0v) is 11.9. The summed E-state index contributed by atoms with van der Waals surface area (Å²) in [7, 11) is 0. The molecule has 0 spiro atoms. The lowest BCUT2D eigenvalue weighted by Gasteiger charge is -2.10. The van der Waals surface area contributed by atoms with Crippen molar-refractivity contribution in [1.82, 2.24) is 0 Å².